The quantitative estimate of drug-likeness (QED) is 0.916. The van der Waals surface area contributed by atoms with Gasteiger partial charge in [0.05, 0.1) is 5.69 Å². The molecule has 0 bridgehead atoms. The topological polar surface area (TPSA) is 15.3 Å². The Morgan fingerprint density at radius 2 is 2.00 bits per heavy atom. The molecule has 3 rings (SSSR count). The van der Waals surface area contributed by atoms with Crippen LogP contribution in [0.15, 0.2) is 42.5 Å². The van der Waals surface area contributed by atoms with Crippen LogP contribution in [-0.4, -0.2) is 13.1 Å². The minimum atomic E-state index is -0.147. The Bertz CT molecular complexity index is 639. The smallest absolute Gasteiger partial charge is 0.147 e. The summed E-state index contributed by atoms with van der Waals surface area (Å²) in [5.74, 6) is -0.147. The second-order valence-electron chi connectivity index (χ2n) is 5.66. The van der Waals surface area contributed by atoms with E-state index >= 15 is 0 Å². The van der Waals surface area contributed by atoms with Gasteiger partial charge in [0.25, 0.3) is 0 Å². The molecule has 0 aromatic heterocycles. The Morgan fingerprint density at radius 3 is 2.81 bits per heavy atom. The first-order chi connectivity index (χ1) is 10.2. The van der Waals surface area contributed by atoms with E-state index in [0.29, 0.717) is 18.3 Å². The molecule has 2 aromatic carbocycles. The van der Waals surface area contributed by atoms with Crippen LogP contribution in [0.5, 0.6) is 0 Å². The van der Waals surface area contributed by atoms with Crippen molar-refractivity contribution >= 4 is 11.4 Å². The van der Waals surface area contributed by atoms with Crippen LogP contribution in [0, 0.1) is 5.82 Å². The zero-order valence-corrected chi connectivity index (χ0v) is 12.6. The first kappa shape index (κ1) is 14.1. The number of fused-ring (bicyclic) bond motifs is 1. The fourth-order valence-electron chi connectivity index (χ4n) is 3.19. The molecule has 1 aliphatic rings. The van der Waals surface area contributed by atoms with Gasteiger partial charge in [0.15, 0.2) is 0 Å². The molecule has 0 radical (unpaired) electrons. The molecule has 0 spiro atoms. The van der Waals surface area contributed by atoms with Gasteiger partial charge in [-0.1, -0.05) is 30.3 Å². The summed E-state index contributed by atoms with van der Waals surface area (Å²) in [6.45, 7) is 2.84. The average molecular weight is 284 g/mol. The van der Waals surface area contributed by atoms with Gasteiger partial charge in [0, 0.05) is 18.3 Å². The van der Waals surface area contributed by atoms with Crippen molar-refractivity contribution in [2.24, 2.45) is 0 Å². The van der Waals surface area contributed by atoms with E-state index in [1.807, 2.05) is 19.2 Å². The van der Waals surface area contributed by atoms with Crippen molar-refractivity contribution in [2.45, 2.75) is 32.4 Å². The lowest BCUT2D eigenvalue weighted by Gasteiger charge is -2.38. The molecule has 2 aromatic rings. The highest BCUT2D eigenvalue weighted by molar-refractivity contribution is 5.71. The van der Waals surface area contributed by atoms with Gasteiger partial charge in [0.1, 0.15) is 5.82 Å². The van der Waals surface area contributed by atoms with E-state index in [4.69, 9.17) is 0 Å². The lowest BCUT2D eigenvalue weighted by atomic mass is 9.95. The third-order valence-corrected chi connectivity index (χ3v) is 4.20. The number of rotatable bonds is 3. The molecule has 1 heterocycles. The van der Waals surface area contributed by atoms with Crippen LogP contribution in [0.3, 0.4) is 0 Å². The normalized spacial score (nSPS) is 17.7. The molecule has 1 N–H and O–H groups in total. The molecule has 0 saturated carbocycles. The molecule has 110 valence electrons. The molecule has 1 unspecified atom stereocenters. The fourth-order valence-corrected chi connectivity index (χ4v) is 3.19. The zero-order chi connectivity index (χ0) is 14.8. The maximum absolute atomic E-state index is 14.6. The third kappa shape index (κ3) is 2.54. The highest BCUT2D eigenvalue weighted by Crippen LogP contribution is 2.39. The van der Waals surface area contributed by atoms with Crippen molar-refractivity contribution in [3.63, 3.8) is 0 Å². The number of aryl methyl sites for hydroxylation is 1. The average Bonchev–Trinajstić information content (AvgIpc) is 2.49. The number of halogens is 1. The van der Waals surface area contributed by atoms with Crippen LogP contribution in [0.1, 0.15) is 24.5 Å². The summed E-state index contributed by atoms with van der Waals surface area (Å²) in [6.07, 6.45) is 2.11. The molecule has 1 atom stereocenters. The predicted octanol–water partition coefficient (Wildman–Crippen LogP) is 4.02. The Balaban J connectivity index is 2.16. The van der Waals surface area contributed by atoms with E-state index in [2.05, 4.69) is 35.3 Å². The second kappa shape index (κ2) is 5.86. The molecule has 0 aliphatic carbocycles. The van der Waals surface area contributed by atoms with Crippen molar-refractivity contribution in [3.8, 4) is 0 Å². The van der Waals surface area contributed by atoms with E-state index in [0.717, 1.165) is 24.1 Å². The van der Waals surface area contributed by atoms with Crippen molar-refractivity contribution in [3.05, 3.63) is 59.4 Å². The van der Waals surface area contributed by atoms with Gasteiger partial charge < -0.3 is 10.2 Å². The predicted molar refractivity (Wildman–Crippen MR) is 85.5 cm³/mol. The molecule has 21 heavy (non-hydrogen) atoms. The number of nitrogens with zero attached hydrogens (tertiary/aromatic N) is 1. The summed E-state index contributed by atoms with van der Waals surface area (Å²) in [4.78, 5) is 2.17. The highest BCUT2D eigenvalue weighted by Gasteiger charge is 2.27. The molecule has 0 amide bonds. The van der Waals surface area contributed by atoms with E-state index in [-0.39, 0.29) is 5.82 Å². The summed E-state index contributed by atoms with van der Waals surface area (Å²) >= 11 is 0. The maximum Gasteiger partial charge on any atom is 0.147 e. The van der Waals surface area contributed by atoms with Gasteiger partial charge in [0.2, 0.25) is 0 Å². The number of para-hydroxylation sites is 2. The van der Waals surface area contributed by atoms with E-state index < -0.39 is 0 Å². The molecule has 0 saturated heterocycles. The molecular formula is C18H21FN2. The van der Waals surface area contributed by atoms with Gasteiger partial charge in [-0.3, -0.25) is 0 Å². The molecule has 2 nitrogen and oxygen atoms in total. The Hall–Kier alpha value is -1.87. The largest absolute Gasteiger partial charge is 0.336 e. The van der Waals surface area contributed by atoms with Gasteiger partial charge in [-0.05, 0) is 50.1 Å². The maximum atomic E-state index is 14.6. The first-order valence-corrected chi connectivity index (χ1v) is 7.51. The van der Waals surface area contributed by atoms with E-state index in [9.17, 15) is 4.39 Å². The van der Waals surface area contributed by atoms with Crippen LogP contribution in [0.2, 0.25) is 0 Å². The number of anilines is 2. The van der Waals surface area contributed by atoms with Gasteiger partial charge >= 0.3 is 0 Å². The minimum Gasteiger partial charge on any atom is -0.336 e. The molecule has 3 heteroatoms. The van der Waals surface area contributed by atoms with Gasteiger partial charge in [-0.25, -0.2) is 4.39 Å². The van der Waals surface area contributed by atoms with Gasteiger partial charge in [-0.15, -0.1) is 0 Å². The van der Waals surface area contributed by atoms with Crippen LogP contribution >= 0.6 is 0 Å². The van der Waals surface area contributed by atoms with Crippen molar-refractivity contribution in [2.75, 3.05) is 11.9 Å². The summed E-state index contributed by atoms with van der Waals surface area (Å²) in [5, 5.41) is 3.14. The third-order valence-electron chi connectivity index (χ3n) is 4.20. The number of hydrogen-bond donors (Lipinski definition) is 1. The first-order valence-electron chi connectivity index (χ1n) is 7.51. The number of nitrogens with one attached hydrogen (secondary N) is 1. The Kier molecular flexibility index (Phi) is 3.93. The van der Waals surface area contributed by atoms with Crippen LogP contribution in [0.25, 0.3) is 0 Å². The van der Waals surface area contributed by atoms with E-state index in [1.165, 1.54) is 5.56 Å². The SMILES string of the molecule is CNCc1cccc(F)c1N1c2ccccc2CCC1C. The second-order valence-corrected chi connectivity index (χ2v) is 5.66. The Labute approximate surface area is 125 Å². The summed E-state index contributed by atoms with van der Waals surface area (Å²) < 4.78 is 14.6. The number of hydrogen-bond acceptors (Lipinski definition) is 2. The molecular weight excluding hydrogens is 263 g/mol. The van der Waals surface area contributed by atoms with Crippen molar-refractivity contribution in [1.29, 1.82) is 0 Å². The summed E-state index contributed by atoms with van der Waals surface area (Å²) in [7, 11) is 1.89. The number of benzene rings is 2. The lowest BCUT2D eigenvalue weighted by molar-refractivity contribution is 0.580. The van der Waals surface area contributed by atoms with Crippen LogP contribution < -0.4 is 10.2 Å². The lowest BCUT2D eigenvalue weighted by Crippen LogP contribution is -2.34. The fraction of sp³-hybridized carbons (Fsp3) is 0.333. The Morgan fingerprint density at radius 1 is 1.19 bits per heavy atom. The van der Waals surface area contributed by atoms with E-state index in [1.54, 1.807) is 12.1 Å². The highest BCUT2D eigenvalue weighted by atomic mass is 19.1. The van der Waals surface area contributed by atoms with Gasteiger partial charge in [-0.2, -0.15) is 0 Å². The summed E-state index contributed by atoms with van der Waals surface area (Å²) in [5.41, 5.74) is 4.15. The molecule has 0 fully saturated rings. The standard InChI is InChI=1S/C18H21FN2/c1-13-10-11-14-6-3-4-9-17(14)21(13)18-15(12-20-2)7-5-8-16(18)19/h3-9,13,20H,10-12H2,1-2H3. The van der Waals surface area contributed by atoms with Crippen molar-refractivity contribution in [1.82, 2.24) is 5.32 Å². The summed E-state index contributed by atoms with van der Waals surface area (Å²) in [6, 6.07) is 14.0. The van der Waals surface area contributed by atoms with Crippen LogP contribution in [-0.2, 0) is 13.0 Å². The zero-order valence-electron chi connectivity index (χ0n) is 12.6. The molecule has 1 aliphatic heterocycles. The minimum absolute atomic E-state index is 0.147. The van der Waals surface area contributed by atoms with Crippen LogP contribution in [0.4, 0.5) is 15.8 Å². The van der Waals surface area contributed by atoms with Crippen molar-refractivity contribution < 1.29 is 4.39 Å². The monoisotopic (exact) mass is 284 g/mol.